The van der Waals surface area contributed by atoms with E-state index >= 15 is 0 Å². The van der Waals surface area contributed by atoms with Crippen molar-refractivity contribution in [3.05, 3.63) is 0 Å². The molecule has 0 rings (SSSR count). The van der Waals surface area contributed by atoms with Crippen molar-refractivity contribution >= 4 is 17.4 Å². The molecule has 105 valence electrons. The highest BCUT2D eigenvalue weighted by Gasteiger charge is 2.37. The highest BCUT2D eigenvalue weighted by atomic mass is 31.1. The lowest BCUT2D eigenvalue weighted by atomic mass is 10.9. The maximum absolute atomic E-state index is 5.55. The Morgan fingerprint density at radius 1 is 0.706 bits per heavy atom. The maximum Gasteiger partial charge on any atom is 0.500 e. The van der Waals surface area contributed by atoms with Gasteiger partial charge < -0.3 is 13.3 Å². The molecule has 0 saturated heterocycles. The highest BCUT2D eigenvalue weighted by molar-refractivity contribution is 7.37. The summed E-state index contributed by atoms with van der Waals surface area (Å²) >= 11 is 0. The van der Waals surface area contributed by atoms with Crippen LogP contribution in [-0.4, -0.2) is 40.9 Å². The number of rotatable bonds is 9. The average molecular weight is 281 g/mol. The molecule has 0 aliphatic carbocycles. The Balaban J connectivity index is 0. The second-order valence-corrected chi connectivity index (χ2v) is 7.84. The maximum atomic E-state index is 5.55. The van der Waals surface area contributed by atoms with E-state index in [9.17, 15) is 0 Å². The molecule has 1 radical (unpaired) electrons. The number of hydrogen-bond donors (Lipinski definition) is 0. The van der Waals surface area contributed by atoms with Crippen LogP contribution in [0.1, 0.15) is 41.5 Å². The normalized spacial score (nSPS) is 10.9. The Morgan fingerprint density at radius 3 is 1.18 bits per heavy atom. The Morgan fingerprint density at radius 2 is 1.06 bits per heavy atom. The Hall–Kier alpha value is 0.527. The van der Waals surface area contributed by atoms with Gasteiger partial charge in [0.2, 0.25) is 0 Å². The summed E-state index contributed by atoms with van der Waals surface area (Å²) < 4.78 is 16.7. The van der Waals surface area contributed by atoms with Gasteiger partial charge in [-0.25, -0.2) is 0 Å². The molecule has 0 bridgehead atoms. The second kappa shape index (κ2) is 14.6. The van der Waals surface area contributed by atoms with E-state index in [-0.39, 0.29) is 0 Å². The summed E-state index contributed by atoms with van der Waals surface area (Å²) in [4.78, 5) is 0. The van der Waals surface area contributed by atoms with E-state index in [1.807, 2.05) is 27.7 Å². The summed E-state index contributed by atoms with van der Waals surface area (Å²) in [6.07, 6.45) is 2.63. The fourth-order valence-corrected chi connectivity index (χ4v) is 3.94. The van der Waals surface area contributed by atoms with Gasteiger partial charge in [-0.1, -0.05) is 29.4 Å². The first-order valence-corrected chi connectivity index (χ1v) is 9.90. The van der Waals surface area contributed by atoms with E-state index < -0.39 is 8.80 Å². The van der Waals surface area contributed by atoms with Gasteiger partial charge in [-0.3, -0.25) is 0 Å². The molecule has 3 nitrogen and oxygen atoms in total. The Kier molecular flexibility index (Phi) is 17.0. The average Bonchev–Trinajstić information content (AvgIpc) is 2.32. The van der Waals surface area contributed by atoms with Gasteiger partial charge in [-0.2, -0.15) is 0 Å². The van der Waals surface area contributed by atoms with Gasteiger partial charge >= 0.3 is 8.80 Å². The van der Waals surface area contributed by atoms with Gasteiger partial charge in [0.05, 0.1) is 0 Å². The zero-order chi connectivity index (χ0) is 13.6. The van der Waals surface area contributed by atoms with Gasteiger partial charge in [-0.05, 0) is 33.1 Å². The van der Waals surface area contributed by atoms with E-state index in [4.69, 9.17) is 13.3 Å². The Labute approximate surface area is 111 Å². The van der Waals surface area contributed by atoms with E-state index in [1.54, 1.807) is 8.58 Å². The molecular formula is C12H30O3PSi. The van der Waals surface area contributed by atoms with Crippen LogP contribution < -0.4 is 0 Å². The summed E-state index contributed by atoms with van der Waals surface area (Å²) in [7, 11) is -0.689. The molecule has 0 saturated carbocycles. The molecule has 0 aliphatic heterocycles. The third kappa shape index (κ3) is 11.4. The van der Waals surface area contributed by atoms with Gasteiger partial charge in [0, 0.05) is 25.9 Å². The van der Waals surface area contributed by atoms with Crippen molar-refractivity contribution in [3.8, 4) is 0 Å². The van der Waals surface area contributed by atoms with Crippen LogP contribution in [0.15, 0.2) is 0 Å². The van der Waals surface area contributed by atoms with Crippen LogP contribution in [0.2, 0.25) is 6.04 Å². The van der Waals surface area contributed by atoms with Crippen LogP contribution in [-0.2, 0) is 13.3 Å². The minimum absolute atomic E-state index is 0.667. The first-order chi connectivity index (χ1) is 8.16. The van der Waals surface area contributed by atoms with Crippen molar-refractivity contribution in [1.29, 1.82) is 0 Å². The van der Waals surface area contributed by atoms with Crippen molar-refractivity contribution in [2.45, 2.75) is 47.6 Å². The molecule has 0 aromatic heterocycles. The molecule has 0 N–H and O–H groups in total. The molecule has 0 amide bonds. The molecule has 17 heavy (non-hydrogen) atoms. The van der Waals surface area contributed by atoms with Crippen molar-refractivity contribution in [1.82, 2.24) is 0 Å². The van der Waals surface area contributed by atoms with Crippen LogP contribution in [0.5, 0.6) is 0 Å². The van der Waals surface area contributed by atoms with Crippen molar-refractivity contribution in [2.24, 2.45) is 0 Å². The van der Waals surface area contributed by atoms with Crippen molar-refractivity contribution in [2.75, 3.05) is 32.1 Å². The zero-order valence-corrected chi connectivity index (χ0v) is 14.3. The number of hydrogen-bond acceptors (Lipinski definition) is 3. The van der Waals surface area contributed by atoms with Crippen LogP contribution in [0.25, 0.3) is 0 Å². The lowest BCUT2D eigenvalue weighted by molar-refractivity contribution is 0.0725. The summed E-state index contributed by atoms with van der Waals surface area (Å²) in [5.41, 5.74) is 0. The van der Waals surface area contributed by atoms with Crippen LogP contribution >= 0.6 is 8.58 Å². The molecule has 0 heterocycles. The summed E-state index contributed by atoms with van der Waals surface area (Å²) in [5, 5.41) is 0. The van der Waals surface area contributed by atoms with Crippen molar-refractivity contribution in [3.63, 3.8) is 0 Å². The molecule has 5 heteroatoms. The molecular weight excluding hydrogens is 251 g/mol. The van der Waals surface area contributed by atoms with E-state index in [0.29, 0.717) is 19.8 Å². The first-order valence-electron chi connectivity index (χ1n) is 6.71. The molecule has 0 atom stereocenters. The Bertz CT molecular complexity index is 129. The third-order valence-electron chi connectivity index (χ3n) is 1.97. The van der Waals surface area contributed by atoms with Gasteiger partial charge in [0.15, 0.2) is 0 Å². The van der Waals surface area contributed by atoms with Gasteiger partial charge in [0.25, 0.3) is 0 Å². The molecule has 0 spiro atoms. The minimum atomic E-state index is -2.27. The minimum Gasteiger partial charge on any atom is -0.374 e. The van der Waals surface area contributed by atoms with E-state index in [0.717, 1.165) is 6.04 Å². The lowest BCUT2D eigenvalue weighted by Crippen LogP contribution is -2.45. The molecule has 0 aromatic rings. The van der Waals surface area contributed by atoms with E-state index in [1.165, 1.54) is 12.3 Å². The predicted molar refractivity (Wildman–Crippen MR) is 79.1 cm³/mol. The van der Waals surface area contributed by atoms with Gasteiger partial charge in [-0.15, -0.1) is 0 Å². The van der Waals surface area contributed by atoms with Crippen LogP contribution in [0, 0.1) is 0 Å². The summed E-state index contributed by atoms with van der Waals surface area (Å²) in [6.45, 7) is 14.4. The lowest BCUT2D eigenvalue weighted by Gasteiger charge is -2.26. The molecule has 0 aliphatic rings. The monoisotopic (exact) mass is 281 g/mol. The fourth-order valence-electron chi connectivity index (χ4n) is 1.31. The third-order valence-corrected chi connectivity index (χ3v) is 5.92. The fraction of sp³-hybridized carbons (Fsp3) is 1.00. The van der Waals surface area contributed by atoms with Crippen LogP contribution in [0.3, 0.4) is 0 Å². The predicted octanol–water partition coefficient (Wildman–Crippen LogP) is 4.03. The van der Waals surface area contributed by atoms with E-state index in [2.05, 4.69) is 13.8 Å². The van der Waals surface area contributed by atoms with Gasteiger partial charge in [0.1, 0.15) is 0 Å². The highest BCUT2D eigenvalue weighted by Crippen LogP contribution is 2.14. The largest absolute Gasteiger partial charge is 0.500 e. The first kappa shape index (κ1) is 19.9. The standard InChI is InChI=1S/C8H20O3Si.C4H10P/c1-5-9-12(8-4,10-6-2)11-7-3;1-3-5-4-2/h5-8H2,1-4H3;3-4H2,1-2H3. The second-order valence-electron chi connectivity index (χ2n) is 3.19. The SMILES string of the molecule is CCO[Si](CC)(OCC)OCC.CC[P]CC. The quantitative estimate of drug-likeness (QED) is 0.472. The topological polar surface area (TPSA) is 27.7 Å². The van der Waals surface area contributed by atoms with Crippen molar-refractivity contribution < 1.29 is 13.3 Å². The summed E-state index contributed by atoms with van der Waals surface area (Å²) in [6, 6.07) is 0.850. The van der Waals surface area contributed by atoms with Crippen LogP contribution in [0.4, 0.5) is 0 Å². The summed E-state index contributed by atoms with van der Waals surface area (Å²) in [5.74, 6) is 0. The molecule has 0 aromatic carbocycles. The smallest absolute Gasteiger partial charge is 0.374 e. The zero-order valence-electron chi connectivity index (χ0n) is 12.4. The molecule has 0 unspecified atom stereocenters. The molecule has 0 fully saturated rings.